The van der Waals surface area contributed by atoms with Crippen molar-refractivity contribution in [2.45, 2.75) is 326 Å². The van der Waals surface area contributed by atoms with Crippen LogP contribution in [0.15, 0.2) is 0 Å². The highest BCUT2D eigenvalue weighted by Gasteiger charge is 2.56. The van der Waals surface area contributed by atoms with E-state index >= 15 is 0 Å². The van der Waals surface area contributed by atoms with Gasteiger partial charge in [0.2, 0.25) is 0 Å². The zero-order chi connectivity index (χ0) is 54.8. The summed E-state index contributed by atoms with van der Waals surface area (Å²) < 4.78 is 68.1. The Kier molecular flexibility index (Phi) is 27.3. The fraction of sp³-hybridized carbons (Fsp3) is 0.945. The molecule has 5 saturated heterocycles. The third-order valence-corrected chi connectivity index (χ3v) is 15.6. The van der Waals surface area contributed by atoms with Crippen molar-refractivity contribution in [2.24, 2.45) is 5.92 Å². The van der Waals surface area contributed by atoms with Crippen LogP contribution in [0.5, 0.6) is 0 Å². The molecule has 0 aromatic heterocycles. The summed E-state index contributed by atoms with van der Waals surface area (Å²) in [6.07, 6.45) is -10.6. The molecule has 5 rings (SSSR count). The molecular weight excluding hydrogens is 981 g/mol. The van der Waals surface area contributed by atoms with Crippen LogP contribution in [0.3, 0.4) is 0 Å². The first-order valence-corrected chi connectivity index (χ1v) is 28.8. The summed E-state index contributed by atoms with van der Waals surface area (Å²) >= 11 is 0. The number of aliphatic hydroxyl groups is 6. The molecule has 0 aromatic rings. The Morgan fingerprint density at radius 3 is 1.79 bits per heavy atom. The van der Waals surface area contributed by atoms with E-state index in [-0.39, 0.29) is 18.9 Å². The van der Waals surface area contributed by atoms with Crippen molar-refractivity contribution in [1.82, 2.24) is 0 Å². The highest BCUT2D eigenvalue weighted by atomic mass is 16.8. The molecule has 5 aliphatic rings. The number of hydrogen-bond acceptors (Lipinski definition) is 20. The van der Waals surface area contributed by atoms with Crippen molar-refractivity contribution in [3.8, 4) is 0 Å². The van der Waals surface area contributed by atoms with Gasteiger partial charge in [0, 0.05) is 12.8 Å². The standard InChI is InChI=1S/C55H96O20/c1-9-12-14-15-17-21-25-29-37(56)70-49-43(62)46(73-52-42(61)41(60)45(33(6)66-52)72-51(64)31(4)11-3)34(7)67-54(49)74-47-35(8)68-55-50(44(47)63)71-38(57)30-26-22-19-16-18-20-24-28-36(27-23-13-10-2)69-53-48(75-55)40(59)39(58)32(5)65-53/h31-36,39-50,52-55,58-63H,9-30H2,1-8H3. The predicted octanol–water partition coefficient (Wildman–Crippen LogP) is 5.70. The SMILES string of the molecule is CCCCCCCCCC(=O)OC1C(OC2C(C)OC3OC4C(OC(CCCCC)CCCCCCCCCC(=O)OC3C2O)OC(C)C(O)C4O)OC(C)C(OC2OC(C)C(OC(=O)C(C)CC)C(O)C2O)C1O. The second-order valence-electron chi connectivity index (χ2n) is 21.8. The van der Waals surface area contributed by atoms with Gasteiger partial charge in [-0.3, -0.25) is 14.4 Å². The van der Waals surface area contributed by atoms with E-state index in [2.05, 4.69) is 13.8 Å². The van der Waals surface area contributed by atoms with E-state index in [9.17, 15) is 45.0 Å². The molecule has 0 amide bonds. The average Bonchev–Trinajstić information content (AvgIpc) is 3.37. The van der Waals surface area contributed by atoms with Crippen molar-refractivity contribution in [3.05, 3.63) is 0 Å². The van der Waals surface area contributed by atoms with E-state index in [1.54, 1.807) is 34.6 Å². The lowest BCUT2D eigenvalue weighted by Crippen LogP contribution is -2.67. The van der Waals surface area contributed by atoms with E-state index in [4.69, 9.17) is 52.1 Å². The van der Waals surface area contributed by atoms with Crippen molar-refractivity contribution in [1.29, 1.82) is 0 Å². The van der Waals surface area contributed by atoms with Gasteiger partial charge < -0.3 is 82.7 Å². The fourth-order valence-electron chi connectivity index (χ4n) is 10.5. The highest BCUT2D eigenvalue weighted by molar-refractivity contribution is 5.72. The zero-order valence-electron chi connectivity index (χ0n) is 46.2. The van der Waals surface area contributed by atoms with Crippen LogP contribution in [0.25, 0.3) is 0 Å². The molecule has 0 aromatic carbocycles. The quantitative estimate of drug-likeness (QED) is 0.0485. The van der Waals surface area contributed by atoms with Gasteiger partial charge in [-0.15, -0.1) is 0 Å². The molecule has 22 unspecified atom stereocenters. The first-order chi connectivity index (χ1) is 35.9. The summed E-state index contributed by atoms with van der Waals surface area (Å²) in [6, 6.07) is 0. The first-order valence-electron chi connectivity index (χ1n) is 28.8. The molecule has 5 fully saturated rings. The Hall–Kier alpha value is -2.15. The first kappa shape index (κ1) is 63.7. The average molecular weight is 1080 g/mol. The van der Waals surface area contributed by atoms with Crippen LogP contribution in [0.4, 0.5) is 0 Å². The molecule has 5 aliphatic heterocycles. The van der Waals surface area contributed by atoms with Crippen molar-refractivity contribution < 1.29 is 97.1 Å². The van der Waals surface area contributed by atoms with Crippen LogP contribution in [0, 0.1) is 5.92 Å². The lowest BCUT2D eigenvalue weighted by Gasteiger charge is -2.49. The van der Waals surface area contributed by atoms with Gasteiger partial charge in [0.15, 0.2) is 43.5 Å². The van der Waals surface area contributed by atoms with Gasteiger partial charge in [0.1, 0.15) is 54.9 Å². The Labute approximate surface area is 445 Å². The van der Waals surface area contributed by atoms with E-state index in [0.717, 1.165) is 109 Å². The largest absolute Gasteiger partial charge is 0.457 e. The number of aliphatic hydroxyl groups excluding tert-OH is 6. The Morgan fingerprint density at radius 1 is 0.533 bits per heavy atom. The minimum Gasteiger partial charge on any atom is -0.457 e. The van der Waals surface area contributed by atoms with Gasteiger partial charge in [-0.1, -0.05) is 124 Å². The number of rotatable bonds is 20. The number of esters is 3. The van der Waals surface area contributed by atoms with Crippen LogP contribution >= 0.6 is 0 Å². The van der Waals surface area contributed by atoms with Gasteiger partial charge >= 0.3 is 17.9 Å². The topological polar surface area (TPSA) is 274 Å². The van der Waals surface area contributed by atoms with Crippen LogP contribution in [-0.4, -0.2) is 177 Å². The maximum absolute atomic E-state index is 13.6. The summed E-state index contributed by atoms with van der Waals surface area (Å²) in [5.41, 5.74) is 0. The molecule has 0 aliphatic carbocycles. The number of unbranched alkanes of at least 4 members (excludes halogenated alkanes) is 8. The highest BCUT2D eigenvalue weighted by Crippen LogP contribution is 2.37. The molecule has 5 heterocycles. The second kappa shape index (κ2) is 32.2. The molecule has 6 N–H and O–H groups in total. The molecule has 0 radical (unpaired) electrons. The van der Waals surface area contributed by atoms with Gasteiger partial charge in [0.25, 0.3) is 0 Å². The van der Waals surface area contributed by atoms with Gasteiger partial charge in [-0.25, -0.2) is 0 Å². The van der Waals surface area contributed by atoms with E-state index < -0.39 is 147 Å². The third-order valence-electron chi connectivity index (χ3n) is 15.6. The smallest absolute Gasteiger partial charge is 0.309 e. The normalized spacial score (nSPS) is 40.2. The van der Waals surface area contributed by atoms with Crippen LogP contribution in [0.2, 0.25) is 0 Å². The van der Waals surface area contributed by atoms with Crippen LogP contribution in [-0.2, 0) is 66.5 Å². The number of ether oxygens (including phenoxy) is 11. The summed E-state index contributed by atoms with van der Waals surface area (Å²) in [5, 5.41) is 69.6. The van der Waals surface area contributed by atoms with E-state index in [1.165, 1.54) is 0 Å². The van der Waals surface area contributed by atoms with Gasteiger partial charge in [-0.05, 0) is 59.8 Å². The number of carbonyl (C=O) groups excluding carboxylic acids is 3. The second-order valence-corrected chi connectivity index (χ2v) is 21.8. The minimum atomic E-state index is -1.75. The maximum atomic E-state index is 13.6. The molecule has 0 bridgehead atoms. The summed E-state index contributed by atoms with van der Waals surface area (Å²) in [4.78, 5) is 40.0. The Balaban J connectivity index is 1.39. The Bertz CT molecular complexity index is 1660. The lowest BCUT2D eigenvalue weighted by molar-refractivity contribution is -0.387. The van der Waals surface area contributed by atoms with Crippen molar-refractivity contribution in [3.63, 3.8) is 0 Å². The van der Waals surface area contributed by atoms with Crippen molar-refractivity contribution in [2.75, 3.05) is 0 Å². The van der Waals surface area contributed by atoms with Crippen LogP contribution in [0.1, 0.15) is 197 Å². The number of carbonyl (C=O) groups is 3. The van der Waals surface area contributed by atoms with E-state index in [1.807, 2.05) is 6.92 Å². The fourth-order valence-corrected chi connectivity index (χ4v) is 10.5. The molecule has 20 heteroatoms. The molecule has 20 nitrogen and oxygen atoms in total. The minimum absolute atomic E-state index is 0.00667. The molecule has 22 atom stereocenters. The molecule has 436 valence electrons. The molecular formula is C55H96O20. The van der Waals surface area contributed by atoms with Crippen molar-refractivity contribution >= 4 is 17.9 Å². The monoisotopic (exact) mass is 1080 g/mol. The zero-order valence-corrected chi connectivity index (χ0v) is 46.2. The van der Waals surface area contributed by atoms with E-state index in [0.29, 0.717) is 19.3 Å². The third kappa shape index (κ3) is 18.4. The summed E-state index contributed by atoms with van der Waals surface area (Å²) in [5.74, 6) is -2.35. The molecule has 0 spiro atoms. The van der Waals surface area contributed by atoms with Gasteiger partial charge in [0.05, 0.1) is 36.4 Å². The number of fused-ring (bicyclic) bond motifs is 2. The maximum Gasteiger partial charge on any atom is 0.309 e. The summed E-state index contributed by atoms with van der Waals surface area (Å²) in [6.45, 7) is 14.0. The Morgan fingerprint density at radius 2 is 1.09 bits per heavy atom. The lowest BCUT2D eigenvalue weighted by atomic mass is 9.96. The number of hydrogen-bond donors (Lipinski definition) is 6. The van der Waals surface area contributed by atoms with Crippen LogP contribution < -0.4 is 0 Å². The molecule has 0 saturated carbocycles. The van der Waals surface area contributed by atoms with Gasteiger partial charge in [-0.2, -0.15) is 0 Å². The molecule has 75 heavy (non-hydrogen) atoms. The predicted molar refractivity (Wildman–Crippen MR) is 270 cm³/mol. The summed E-state index contributed by atoms with van der Waals surface area (Å²) in [7, 11) is 0.